The highest BCUT2D eigenvalue weighted by Gasteiger charge is 2.10. The van der Waals surface area contributed by atoms with Crippen LogP contribution in [0.15, 0.2) is 84.9 Å². The average Bonchev–Trinajstić information content (AvgIpc) is 2.75. The third kappa shape index (κ3) is 4.89. The van der Waals surface area contributed by atoms with Crippen molar-refractivity contribution >= 4 is 6.16 Å². The zero-order chi connectivity index (χ0) is 22.7. The van der Waals surface area contributed by atoms with Crippen LogP contribution >= 0.6 is 0 Å². The van der Waals surface area contributed by atoms with E-state index in [0.717, 1.165) is 22.3 Å². The quantitative estimate of drug-likeness (QED) is 0.248. The molecule has 4 aromatic rings. The van der Waals surface area contributed by atoms with Crippen LogP contribution in [0, 0.1) is 27.7 Å². The average molecular weight is 423 g/mol. The Morgan fingerprint density at radius 3 is 1.25 bits per heavy atom. The second-order valence-corrected chi connectivity index (χ2v) is 8.14. The summed E-state index contributed by atoms with van der Waals surface area (Å²) in [6, 6.07) is 27.6. The van der Waals surface area contributed by atoms with E-state index in [9.17, 15) is 4.79 Å². The molecule has 32 heavy (non-hydrogen) atoms. The lowest BCUT2D eigenvalue weighted by Crippen LogP contribution is -2.13. The van der Waals surface area contributed by atoms with Crippen molar-refractivity contribution in [1.82, 2.24) is 0 Å². The van der Waals surface area contributed by atoms with E-state index in [4.69, 9.17) is 9.47 Å². The van der Waals surface area contributed by atoms with E-state index < -0.39 is 6.16 Å². The van der Waals surface area contributed by atoms with Crippen LogP contribution in [0.3, 0.4) is 0 Å². The number of carbonyl (C=O) groups excluding carboxylic acids is 1. The minimum Gasteiger partial charge on any atom is -0.395 e. The Morgan fingerprint density at radius 1 is 0.531 bits per heavy atom. The Kier molecular flexibility index (Phi) is 6.09. The number of benzene rings is 4. The van der Waals surface area contributed by atoms with Gasteiger partial charge in [-0.05, 0) is 85.3 Å². The summed E-state index contributed by atoms with van der Waals surface area (Å²) >= 11 is 0. The van der Waals surface area contributed by atoms with Gasteiger partial charge >= 0.3 is 6.16 Å². The van der Waals surface area contributed by atoms with Crippen LogP contribution < -0.4 is 9.47 Å². The molecule has 0 amide bonds. The van der Waals surface area contributed by atoms with Crippen LogP contribution in [0.25, 0.3) is 22.3 Å². The molecule has 3 heteroatoms. The van der Waals surface area contributed by atoms with Crippen LogP contribution in [-0.2, 0) is 0 Å². The number of carbonyl (C=O) groups is 1. The third-order valence-corrected chi connectivity index (χ3v) is 5.50. The Hall–Kier alpha value is -3.85. The smallest absolute Gasteiger partial charge is 0.395 e. The van der Waals surface area contributed by atoms with Crippen molar-refractivity contribution in [1.29, 1.82) is 0 Å². The van der Waals surface area contributed by atoms with E-state index in [1.807, 2.05) is 24.3 Å². The van der Waals surface area contributed by atoms with Gasteiger partial charge in [0.05, 0.1) is 0 Å². The van der Waals surface area contributed by atoms with Gasteiger partial charge < -0.3 is 9.47 Å². The van der Waals surface area contributed by atoms with Crippen LogP contribution in [0.1, 0.15) is 22.3 Å². The SMILES string of the molecule is Cc1ccc(-c2ccc(OC(=O)Oc3ccc(-c4ccc(C)cc4C)cc3)cc2)c(C)c1. The Bertz CT molecular complexity index is 1150. The summed E-state index contributed by atoms with van der Waals surface area (Å²) in [6.07, 6.45) is -0.761. The van der Waals surface area contributed by atoms with Crippen LogP contribution in [0.4, 0.5) is 4.79 Å². The minimum atomic E-state index is -0.761. The number of rotatable bonds is 4. The van der Waals surface area contributed by atoms with E-state index in [1.165, 1.54) is 22.3 Å². The van der Waals surface area contributed by atoms with Gasteiger partial charge in [-0.1, -0.05) is 71.8 Å². The molecule has 0 atom stereocenters. The standard InChI is InChI=1S/C29H26O3/c1-19-5-15-27(21(3)17-19)23-7-11-25(12-8-23)31-29(30)32-26-13-9-24(10-14-26)28-16-6-20(2)18-22(28)4/h5-18H,1-4H3. The second kappa shape index (κ2) is 9.11. The maximum Gasteiger partial charge on any atom is 0.519 e. The van der Waals surface area contributed by atoms with E-state index in [1.54, 1.807) is 24.3 Å². The molecule has 4 rings (SSSR count). The van der Waals surface area contributed by atoms with Gasteiger partial charge in [0.25, 0.3) is 0 Å². The Morgan fingerprint density at radius 2 is 0.906 bits per heavy atom. The number of aryl methyl sites for hydroxylation is 4. The highest BCUT2D eigenvalue weighted by Crippen LogP contribution is 2.28. The van der Waals surface area contributed by atoms with Crippen molar-refractivity contribution in [2.75, 3.05) is 0 Å². The first-order valence-corrected chi connectivity index (χ1v) is 10.6. The van der Waals surface area contributed by atoms with Crippen molar-refractivity contribution in [3.63, 3.8) is 0 Å². The van der Waals surface area contributed by atoms with Crippen molar-refractivity contribution in [2.24, 2.45) is 0 Å². The molecule has 160 valence electrons. The van der Waals surface area contributed by atoms with Crippen molar-refractivity contribution in [3.05, 3.63) is 107 Å². The molecule has 0 fully saturated rings. The monoisotopic (exact) mass is 422 g/mol. The van der Waals surface area contributed by atoms with Gasteiger partial charge in [-0.2, -0.15) is 0 Å². The summed E-state index contributed by atoms with van der Waals surface area (Å²) in [4.78, 5) is 12.2. The van der Waals surface area contributed by atoms with Gasteiger partial charge in [-0.25, -0.2) is 4.79 Å². The summed E-state index contributed by atoms with van der Waals surface area (Å²) in [5, 5.41) is 0. The van der Waals surface area contributed by atoms with E-state index in [2.05, 4.69) is 64.1 Å². The second-order valence-electron chi connectivity index (χ2n) is 8.14. The van der Waals surface area contributed by atoms with Crippen molar-refractivity contribution < 1.29 is 14.3 Å². The molecule has 0 aliphatic heterocycles. The fourth-order valence-corrected chi connectivity index (χ4v) is 3.89. The number of hydrogen-bond acceptors (Lipinski definition) is 3. The van der Waals surface area contributed by atoms with Crippen LogP contribution in [0.2, 0.25) is 0 Å². The number of hydrogen-bond donors (Lipinski definition) is 0. The molecule has 3 nitrogen and oxygen atoms in total. The van der Waals surface area contributed by atoms with Gasteiger partial charge in [0, 0.05) is 0 Å². The summed E-state index contributed by atoms with van der Waals surface area (Å²) in [5.41, 5.74) is 9.36. The van der Waals surface area contributed by atoms with Crippen molar-refractivity contribution in [3.8, 4) is 33.8 Å². The largest absolute Gasteiger partial charge is 0.519 e. The highest BCUT2D eigenvalue weighted by atomic mass is 16.7. The number of ether oxygens (including phenoxy) is 2. The molecule has 0 spiro atoms. The zero-order valence-corrected chi connectivity index (χ0v) is 18.8. The molecule has 0 saturated carbocycles. The van der Waals surface area contributed by atoms with E-state index >= 15 is 0 Å². The fraction of sp³-hybridized carbons (Fsp3) is 0.138. The van der Waals surface area contributed by atoms with Crippen LogP contribution in [-0.4, -0.2) is 6.16 Å². The van der Waals surface area contributed by atoms with Gasteiger partial charge in [0.1, 0.15) is 11.5 Å². The molecule has 4 aromatic carbocycles. The fourth-order valence-electron chi connectivity index (χ4n) is 3.89. The molecule has 0 saturated heterocycles. The predicted molar refractivity (Wildman–Crippen MR) is 129 cm³/mol. The highest BCUT2D eigenvalue weighted by molar-refractivity contribution is 5.72. The van der Waals surface area contributed by atoms with E-state index in [0.29, 0.717) is 11.5 Å². The lowest BCUT2D eigenvalue weighted by molar-refractivity contribution is 0.152. The third-order valence-electron chi connectivity index (χ3n) is 5.50. The topological polar surface area (TPSA) is 35.5 Å². The lowest BCUT2D eigenvalue weighted by atomic mass is 9.99. The maximum atomic E-state index is 12.2. The molecule has 0 bridgehead atoms. The molecular weight excluding hydrogens is 396 g/mol. The predicted octanol–water partition coefficient (Wildman–Crippen LogP) is 7.83. The molecule has 0 N–H and O–H groups in total. The normalized spacial score (nSPS) is 10.6. The summed E-state index contributed by atoms with van der Waals surface area (Å²) in [7, 11) is 0. The van der Waals surface area contributed by atoms with Crippen LogP contribution in [0.5, 0.6) is 11.5 Å². The van der Waals surface area contributed by atoms with Crippen molar-refractivity contribution in [2.45, 2.75) is 27.7 Å². The van der Waals surface area contributed by atoms with Gasteiger partial charge in [0.2, 0.25) is 0 Å². The zero-order valence-electron chi connectivity index (χ0n) is 18.8. The maximum absolute atomic E-state index is 12.2. The first-order valence-electron chi connectivity index (χ1n) is 10.6. The van der Waals surface area contributed by atoms with Gasteiger partial charge in [-0.15, -0.1) is 0 Å². The first kappa shape index (κ1) is 21.4. The molecule has 0 radical (unpaired) electrons. The molecule has 0 aliphatic rings. The minimum absolute atomic E-state index is 0.440. The molecule has 0 unspecified atom stereocenters. The summed E-state index contributed by atoms with van der Waals surface area (Å²) in [6.45, 7) is 8.35. The van der Waals surface area contributed by atoms with Gasteiger partial charge in [-0.3, -0.25) is 0 Å². The Labute approximate surface area is 189 Å². The molecule has 0 aromatic heterocycles. The lowest BCUT2D eigenvalue weighted by Gasteiger charge is -2.10. The molecule has 0 heterocycles. The molecular formula is C29H26O3. The van der Waals surface area contributed by atoms with Gasteiger partial charge in [0.15, 0.2) is 0 Å². The Balaban J connectivity index is 1.40. The summed E-state index contributed by atoms with van der Waals surface area (Å²) < 4.78 is 10.7. The van der Waals surface area contributed by atoms with E-state index in [-0.39, 0.29) is 0 Å². The first-order chi connectivity index (χ1) is 15.4. The summed E-state index contributed by atoms with van der Waals surface area (Å²) in [5.74, 6) is 0.880. The molecule has 0 aliphatic carbocycles.